The number of aromatic nitrogens is 2. The third-order valence-electron chi connectivity index (χ3n) is 2.95. The number of rotatable bonds is 7. The van der Waals surface area contributed by atoms with Crippen LogP contribution in [0.1, 0.15) is 17.7 Å². The first-order chi connectivity index (χ1) is 11.3. The Morgan fingerprint density at radius 3 is 2.70 bits per heavy atom. The van der Waals surface area contributed by atoms with Gasteiger partial charge in [0.25, 0.3) is 0 Å². The molecule has 2 aromatic rings. The second kappa shape index (κ2) is 9.19. The van der Waals surface area contributed by atoms with Gasteiger partial charge in [-0.05, 0) is 24.1 Å². The van der Waals surface area contributed by atoms with Crippen molar-refractivity contribution in [2.45, 2.75) is 13.0 Å². The van der Waals surface area contributed by atoms with Crippen LogP contribution in [-0.2, 0) is 11.3 Å². The van der Waals surface area contributed by atoms with E-state index in [0.29, 0.717) is 18.8 Å². The standard InChI is InChI=1S/C17H19N3O3/c1-22-16-11-10-15(19-20-16)9-5-6-12-18-17(21)23-13-14-7-3-2-4-8-14/h2-5,7-11H,6,12-13H2,1H3,(H,18,21). The van der Waals surface area contributed by atoms with Gasteiger partial charge in [0.2, 0.25) is 5.88 Å². The molecule has 2 rings (SSSR count). The second-order valence-corrected chi connectivity index (χ2v) is 4.68. The van der Waals surface area contributed by atoms with Gasteiger partial charge in [-0.25, -0.2) is 4.79 Å². The molecule has 0 saturated carbocycles. The van der Waals surface area contributed by atoms with Crippen LogP contribution in [0.3, 0.4) is 0 Å². The highest BCUT2D eigenvalue weighted by Crippen LogP contribution is 2.05. The number of nitrogens with one attached hydrogen (secondary N) is 1. The van der Waals surface area contributed by atoms with Gasteiger partial charge in [0.15, 0.2) is 0 Å². The van der Waals surface area contributed by atoms with Crippen molar-refractivity contribution in [2.24, 2.45) is 0 Å². The Hall–Kier alpha value is -2.89. The molecule has 0 unspecified atom stereocenters. The van der Waals surface area contributed by atoms with Crippen LogP contribution in [0, 0.1) is 0 Å². The van der Waals surface area contributed by atoms with Gasteiger partial charge in [-0.1, -0.05) is 36.4 Å². The Morgan fingerprint density at radius 1 is 1.17 bits per heavy atom. The highest BCUT2D eigenvalue weighted by molar-refractivity contribution is 5.67. The molecule has 1 aromatic heterocycles. The molecule has 1 N–H and O–H groups in total. The summed E-state index contributed by atoms with van der Waals surface area (Å²) in [7, 11) is 1.54. The highest BCUT2D eigenvalue weighted by atomic mass is 16.5. The van der Waals surface area contributed by atoms with Gasteiger partial charge in [0, 0.05) is 12.6 Å². The van der Waals surface area contributed by atoms with E-state index in [9.17, 15) is 4.79 Å². The predicted molar refractivity (Wildman–Crippen MR) is 86.9 cm³/mol. The molecule has 1 amide bonds. The number of amides is 1. The number of benzene rings is 1. The summed E-state index contributed by atoms with van der Waals surface area (Å²) in [6.45, 7) is 0.762. The zero-order chi connectivity index (χ0) is 16.3. The predicted octanol–water partition coefficient (Wildman–Crippen LogP) is 2.81. The second-order valence-electron chi connectivity index (χ2n) is 4.68. The molecule has 0 atom stereocenters. The van der Waals surface area contributed by atoms with E-state index in [0.717, 1.165) is 11.3 Å². The lowest BCUT2D eigenvalue weighted by Gasteiger charge is -2.05. The molecule has 0 bridgehead atoms. The average molecular weight is 313 g/mol. The fourth-order valence-electron chi connectivity index (χ4n) is 1.76. The molecule has 0 fully saturated rings. The monoisotopic (exact) mass is 313 g/mol. The van der Waals surface area contributed by atoms with Crippen LogP contribution >= 0.6 is 0 Å². The third kappa shape index (κ3) is 6.17. The highest BCUT2D eigenvalue weighted by Gasteiger charge is 2.00. The van der Waals surface area contributed by atoms with Crippen LogP contribution in [0.15, 0.2) is 48.5 Å². The maximum absolute atomic E-state index is 11.5. The van der Waals surface area contributed by atoms with E-state index < -0.39 is 6.09 Å². The molecule has 120 valence electrons. The fourth-order valence-corrected chi connectivity index (χ4v) is 1.76. The summed E-state index contributed by atoms with van der Waals surface area (Å²) < 4.78 is 10.0. The zero-order valence-corrected chi connectivity index (χ0v) is 12.9. The molecule has 0 radical (unpaired) electrons. The number of carbonyl (C=O) groups is 1. The SMILES string of the molecule is COc1ccc(C=CCCNC(=O)OCc2ccccc2)nn1. The third-order valence-corrected chi connectivity index (χ3v) is 2.95. The molecule has 0 aliphatic rings. The summed E-state index contributed by atoms with van der Waals surface area (Å²) in [4.78, 5) is 11.5. The minimum atomic E-state index is -0.425. The van der Waals surface area contributed by atoms with Crippen LogP contribution in [0.4, 0.5) is 4.79 Å². The number of ether oxygens (including phenoxy) is 2. The zero-order valence-electron chi connectivity index (χ0n) is 12.9. The van der Waals surface area contributed by atoms with Gasteiger partial charge in [-0.3, -0.25) is 0 Å². The van der Waals surface area contributed by atoms with E-state index in [4.69, 9.17) is 9.47 Å². The summed E-state index contributed by atoms with van der Waals surface area (Å²) >= 11 is 0. The van der Waals surface area contributed by atoms with E-state index in [1.165, 1.54) is 0 Å². The molecule has 6 heteroatoms. The van der Waals surface area contributed by atoms with Crippen molar-refractivity contribution in [3.05, 3.63) is 59.8 Å². The van der Waals surface area contributed by atoms with Crippen molar-refractivity contribution in [1.29, 1.82) is 0 Å². The molecule has 0 spiro atoms. The lowest BCUT2D eigenvalue weighted by Crippen LogP contribution is -2.24. The normalized spacial score (nSPS) is 10.5. The quantitative estimate of drug-likeness (QED) is 0.796. The number of carbonyl (C=O) groups excluding carboxylic acids is 1. The lowest BCUT2D eigenvalue weighted by atomic mass is 10.2. The summed E-state index contributed by atoms with van der Waals surface area (Å²) in [5.74, 6) is 0.477. The first-order valence-electron chi connectivity index (χ1n) is 7.27. The van der Waals surface area contributed by atoms with Crippen LogP contribution < -0.4 is 10.1 Å². The number of alkyl carbamates (subject to hydrolysis) is 1. The van der Waals surface area contributed by atoms with Gasteiger partial charge in [0.1, 0.15) is 6.61 Å². The fraction of sp³-hybridized carbons (Fsp3) is 0.235. The minimum Gasteiger partial charge on any atom is -0.480 e. The van der Waals surface area contributed by atoms with Gasteiger partial charge in [-0.15, -0.1) is 10.2 Å². The van der Waals surface area contributed by atoms with E-state index in [-0.39, 0.29) is 6.61 Å². The smallest absolute Gasteiger partial charge is 0.407 e. The van der Waals surface area contributed by atoms with Crippen molar-refractivity contribution in [3.63, 3.8) is 0 Å². The van der Waals surface area contributed by atoms with Crippen LogP contribution in [0.5, 0.6) is 5.88 Å². The Labute approximate surface area is 135 Å². The van der Waals surface area contributed by atoms with Crippen LogP contribution in [0.25, 0.3) is 6.08 Å². The largest absolute Gasteiger partial charge is 0.480 e. The average Bonchev–Trinajstić information content (AvgIpc) is 2.61. The van der Waals surface area contributed by atoms with E-state index in [1.807, 2.05) is 48.6 Å². The van der Waals surface area contributed by atoms with E-state index in [1.54, 1.807) is 13.2 Å². The summed E-state index contributed by atoms with van der Waals surface area (Å²) in [6, 6.07) is 13.1. The van der Waals surface area contributed by atoms with Gasteiger partial charge in [0.05, 0.1) is 12.8 Å². The van der Waals surface area contributed by atoms with Gasteiger partial charge < -0.3 is 14.8 Å². The van der Waals surface area contributed by atoms with Crippen LogP contribution in [-0.4, -0.2) is 29.9 Å². The van der Waals surface area contributed by atoms with Crippen molar-refractivity contribution in [3.8, 4) is 5.88 Å². The molecule has 23 heavy (non-hydrogen) atoms. The molecule has 6 nitrogen and oxygen atoms in total. The number of methoxy groups -OCH3 is 1. The van der Waals surface area contributed by atoms with Gasteiger partial charge in [-0.2, -0.15) is 0 Å². The summed E-state index contributed by atoms with van der Waals surface area (Å²) in [6.07, 6.45) is 4.00. The van der Waals surface area contributed by atoms with Crippen molar-refractivity contribution in [2.75, 3.05) is 13.7 Å². The van der Waals surface area contributed by atoms with E-state index >= 15 is 0 Å². The Balaban J connectivity index is 1.62. The number of hydrogen-bond donors (Lipinski definition) is 1. The number of nitrogens with zero attached hydrogens (tertiary/aromatic N) is 2. The van der Waals surface area contributed by atoms with Crippen molar-refractivity contribution >= 4 is 12.2 Å². The Morgan fingerprint density at radius 2 is 2.00 bits per heavy atom. The maximum Gasteiger partial charge on any atom is 0.407 e. The molecule has 0 aliphatic carbocycles. The first kappa shape index (κ1) is 16.5. The minimum absolute atomic E-state index is 0.268. The summed E-state index contributed by atoms with van der Waals surface area (Å²) in [5.41, 5.74) is 1.69. The summed E-state index contributed by atoms with van der Waals surface area (Å²) in [5, 5.41) is 10.5. The molecule has 1 heterocycles. The van der Waals surface area contributed by atoms with Crippen LogP contribution in [0.2, 0.25) is 0 Å². The topological polar surface area (TPSA) is 73.3 Å². The van der Waals surface area contributed by atoms with Gasteiger partial charge >= 0.3 is 6.09 Å². The van der Waals surface area contributed by atoms with E-state index in [2.05, 4.69) is 15.5 Å². The van der Waals surface area contributed by atoms with Crippen molar-refractivity contribution in [1.82, 2.24) is 15.5 Å². The lowest BCUT2D eigenvalue weighted by molar-refractivity contribution is 0.140. The molecule has 1 aromatic carbocycles. The molecular weight excluding hydrogens is 294 g/mol. The van der Waals surface area contributed by atoms with Crippen molar-refractivity contribution < 1.29 is 14.3 Å². The maximum atomic E-state index is 11.5. The molecular formula is C17H19N3O3. The first-order valence-corrected chi connectivity index (χ1v) is 7.27. The molecule has 0 aliphatic heterocycles. The Bertz CT molecular complexity index is 627. The Kier molecular flexibility index (Phi) is 6.59. The number of hydrogen-bond acceptors (Lipinski definition) is 5. The molecule has 0 saturated heterocycles.